The number of nitrogens with two attached hydrogens (primary N) is 1. The minimum Gasteiger partial charge on any atom is -0.383 e. The van der Waals surface area contributed by atoms with Gasteiger partial charge in [0.25, 0.3) is 0 Å². The Labute approximate surface area is 156 Å². The average molecular weight is 354 g/mol. The van der Waals surface area contributed by atoms with Gasteiger partial charge >= 0.3 is 0 Å². The third-order valence-electron chi connectivity index (χ3n) is 5.00. The molecule has 6 nitrogen and oxygen atoms in total. The van der Waals surface area contributed by atoms with Crippen LogP contribution in [0.3, 0.4) is 0 Å². The molecule has 0 saturated carbocycles. The summed E-state index contributed by atoms with van der Waals surface area (Å²) >= 11 is 0. The standard InChI is InChI=1S/C21H18N6/c22-20-19-18(9-8-15-6-3-5-14-4-1-2-7-17(14)15)26-27(16-10-11-23-12-16)21(19)25-13-24-20/h1-7,13,16,23H,10-12H2,(H2,22,24,25)/t16-/m1/s1. The zero-order valence-electron chi connectivity index (χ0n) is 14.7. The molecule has 0 bridgehead atoms. The second-order valence-electron chi connectivity index (χ2n) is 6.67. The molecular weight excluding hydrogens is 336 g/mol. The third kappa shape index (κ3) is 2.69. The Kier molecular flexibility index (Phi) is 3.73. The lowest BCUT2D eigenvalue weighted by Gasteiger charge is -2.09. The highest BCUT2D eigenvalue weighted by Gasteiger charge is 2.23. The molecule has 5 rings (SSSR count). The first kappa shape index (κ1) is 15.8. The topological polar surface area (TPSA) is 81.7 Å². The molecule has 0 amide bonds. The highest BCUT2D eigenvalue weighted by Crippen LogP contribution is 2.26. The first-order chi connectivity index (χ1) is 13.3. The van der Waals surface area contributed by atoms with Gasteiger partial charge in [-0.15, -0.1) is 0 Å². The first-order valence-corrected chi connectivity index (χ1v) is 9.00. The summed E-state index contributed by atoms with van der Waals surface area (Å²) in [7, 11) is 0. The van der Waals surface area contributed by atoms with E-state index < -0.39 is 0 Å². The number of anilines is 1. The van der Waals surface area contributed by atoms with Crippen LogP contribution in [0.4, 0.5) is 5.82 Å². The van der Waals surface area contributed by atoms with Crippen LogP contribution < -0.4 is 11.1 Å². The van der Waals surface area contributed by atoms with Crippen molar-refractivity contribution < 1.29 is 0 Å². The highest BCUT2D eigenvalue weighted by atomic mass is 15.3. The van der Waals surface area contributed by atoms with E-state index in [1.165, 1.54) is 11.7 Å². The summed E-state index contributed by atoms with van der Waals surface area (Å²) in [5.41, 5.74) is 8.48. The van der Waals surface area contributed by atoms with Crippen molar-refractivity contribution in [3.8, 4) is 11.8 Å². The van der Waals surface area contributed by atoms with Crippen molar-refractivity contribution in [1.82, 2.24) is 25.1 Å². The van der Waals surface area contributed by atoms with Gasteiger partial charge in [-0.05, 0) is 35.7 Å². The molecule has 2 aromatic heterocycles. The molecule has 0 aliphatic carbocycles. The number of nitrogens with zero attached hydrogens (tertiary/aromatic N) is 4. The van der Waals surface area contributed by atoms with Crippen LogP contribution in [0.2, 0.25) is 0 Å². The van der Waals surface area contributed by atoms with Crippen LogP contribution in [0.1, 0.15) is 23.7 Å². The van der Waals surface area contributed by atoms with Crippen molar-refractivity contribution in [2.24, 2.45) is 0 Å². The number of benzene rings is 2. The predicted octanol–water partition coefficient (Wildman–Crippen LogP) is 2.50. The van der Waals surface area contributed by atoms with Crippen LogP contribution >= 0.6 is 0 Å². The van der Waals surface area contributed by atoms with Gasteiger partial charge in [0.2, 0.25) is 0 Å². The van der Waals surface area contributed by atoms with Gasteiger partial charge in [0.1, 0.15) is 17.8 Å². The molecule has 1 saturated heterocycles. The second kappa shape index (κ2) is 6.38. The lowest BCUT2D eigenvalue weighted by molar-refractivity contribution is 0.502. The lowest BCUT2D eigenvalue weighted by atomic mass is 10.0. The van der Waals surface area contributed by atoms with E-state index in [2.05, 4.69) is 45.3 Å². The quantitative estimate of drug-likeness (QED) is 0.513. The van der Waals surface area contributed by atoms with Crippen molar-refractivity contribution in [3.63, 3.8) is 0 Å². The summed E-state index contributed by atoms with van der Waals surface area (Å²) in [5, 5.41) is 11.1. The fourth-order valence-electron chi connectivity index (χ4n) is 3.65. The van der Waals surface area contributed by atoms with Gasteiger partial charge < -0.3 is 11.1 Å². The number of aromatic nitrogens is 4. The van der Waals surface area contributed by atoms with E-state index in [-0.39, 0.29) is 6.04 Å². The van der Waals surface area contributed by atoms with Gasteiger partial charge in [0.05, 0.1) is 11.4 Å². The summed E-state index contributed by atoms with van der Waals surface area (Å²) in [6.07, 6.45) is 2.50. The average Bonchev–Trinajstić information content (AvgIpc) is 3.35. The SMILES string of the molecule is Nc1ncnc2c1c(C#Cc1cccc3ccccc13)nn2[C@@H]1CCNC1. The fraction of sp³-hybridized carbons (Fsp3) is 0.190. The minimum absolute atomic E-state index is 0.259. The summed E-state index contributed by atoms with van der Waals surface area (Å²) in [6.45, 7) is 1.85. The summed E-state index contributed by atoms with van der Waals surface area (Å²) < 4.78 is 1.94. The van der Waals surface area contributed by atoms with Crippen LogP contribution in [-0.4, -0.2) is 32.8 Å². The van der Waals surface area contributed by atoms with Crippen LogP contribution in [0, 0.1) is 11.8 Å². The molecule has 132 valence electrons. The van der Waals surface area contributed by atoms with Crippen molar-refractivity contribution in [3.05, 3.63) is 60.0 Å². The van der Waals surface area contributed by atoms with E-state index in [0.717, 1.165) is 41.5 Å². The second-order valence-corrected chi connectivity index (χ2v) is 6.67. The summed E-state index contributed by atoms with van der Waals surface area (Å²) in [5.74, 6) is 6.91. The molecule has 27 heavy (non-hydrogen) atoms. The van der Waals surface area contributed by atoms with Crippen molar-refractivity contribution in [1.29, 1.82) is 0 Å². The van der Waals surface area contributed by atoms with Gasteiger partial charge in [-0.3, -0.25) is 0 Å². The van der Waals surface area contributed by atoms with Crippen LogP contribution in [0.25, 0.3) is 21.8 Å². The number of hydrogen-bond donors (Lipinski definition) is 2. The van der Waals surface area contributed by atoms with Gasteiger partial charge in [-0.25, -0.2) is 14.6 Å². The van der Waals surface area contributed by atoms with Gasteiger partial charge in [-0.1, -0.05) is 42.3 Å². The van der Waals surface area contributed by atoms with Crippen LogP contribution in [0.5, 0.6) is 0 Å². The molecular formula is C21H18N6. The molecule has 0 unspecified atom stereocenters. The van der Waals surface area contributed by atoms with Crippen molar-refractivity contribution in [2.75, 3.05) is 18.8 Å². The van der Waals surface area contributed by atoms with E-state index in [1.54, 1.807) is 0 Å². The van der Waals surface area contributed by atoms with Gasteiger partial charge in [0, 0.05) is 12.1 Å². The third-order valence-corrected chi connectivity index (χ3v) is 5.00. The maximum Gasteiger partial charge on any atom is 0.164 e. The monoisotopic (exact) mass is 354 g/mol. The molecule has 0 spiro atoms. The van der Waals surface area contributed by atoms with Gasteiger partial charge in [0.15, 0.2) is 5.65 Å². The Morgan fingerprint density at radius 1 is 1.07 bits per heavy atom. The number of rotatable bonds is 1. The van der Waals surface area contributed by atoms with E-state index >= 15 is 0 Å². The molecule has 3 N–H and O–H groups in total. The molecule has 1 aliphatic heterocycles. The Balaban J connectivity index is 1.67. The molecule has 3 heterocycles. The lowest BCUT2D eigenvalue weighted by Crippen LogP contribution is -2.15. The summed E-state index contributed by atoms with van der Waals surface area (Å²) in [6, 6.07) is 14.6. The van der Waals surface area contributed by atoms with Crippen LogP contribution in [0.15, 0.2) is 48.8 Å². The molecule has 1 fully saturated rings. The first-order valence-electron chi connectivity index (χ1n) is 9.00. The maximum absolute atomic E-state index is 6.14. The van der Waals surface area contributed by atoms with E-state index in [4.69, 9.17) is 10.8 Å². The van der Waals surface area contributed by atoms with Gasteiger partial charge in [-0.2, -0.15) is 5.10 Å². The Hall–Kier alpha value is -3.43. The molecule has 4 aromatic rings. The van der Waals surface area contributed by atoms with Crippen molar-refractivity contribution in [2.45, 2.75) is 12.5 Å². The summed E-state index contributed by atoms with van der Waals surface area (Å²) in [4.78, 5) is 8.57. The van der Waals surface area contributed by atoms with E-state index in [1.807, 2.05) is 28.9 Å². The number of hydrogen-bond acceptors (Lipinski definition) is 5. The highest BCUT2D eigenvalue weighted by molar-refractivity contribution is 5.92. The minimum atomic E-state index is 0.259. The van der Waals surface area contributed by atoms with Crippen molar-refractivity contribution >= 4 is 27.6 Å². The number of nitrogens with one attached hydrogen (secondary N) is 1. The number of fused-ring (bicyclic) bond motifs is 2. The zero-order chi connectivity index (χ0) is 18.2. The Morgan fingerprint density at radius 3 is 2.85 bits per heavy atom. The van der Waals surface area contributed by atoms with Crippen LogP contribution in [-0.2, 0) is 0 Å². The molecule has 6 heteroatoms. The Morgan fingerprint density at radius 2 is 1.96 bits per heavy atom. The predicted molar refractivity (Wildman–Crippen MR) is 106 cm³/mol. The molecule has 2 aromatic carbocycles. The zero-order valence-corrected chi connectivity index (χ0v) is 14.7. The molecule has 1 atom stereocenters. The normalized spacial score (nSPS) is 16.5. The molecule has 0 radical (unpaired) electrons. The van der Waals surface area contributed by atoms with E-state index in [0.29, 0.717) is 11.5 Å². The fourth-order valence-corrected chi connectivity index (χ4v) is 3.65. The largest absolute Gasteiger partial charge is 0.383 e. The maximum atomic E-state index is 6.14. The smallest absolute Gasteiger partial charge is 0.164 e. The number of nitrogen functional groups attached to an aromatic ring is 1. The Bertz CT molecular complexity index is 1200. The molecule has 1 aliphatic rings. The van der Waals surface area contributed by atoms with E-state index in [9.17, 15) is 0 Å².